The highest BCUT2D eigenvalue weighted by Crippen LogP contribution is 2.27. The number of hydrogen-bond donors (Lipinski definition) is 1. The molecule has 0 aromatic rings. The first kappa shape index (κ1) is 16.3. The SMILES string of the molecule is CCC(CC)(CS)COCCOC(C)(C)C. The second-order valence-electron chi connectivity index (χ2n) is 5.38. The molecule has 0 aliphatic rings. The molecule has 3 heteroatoms. The summed E-state index contributed by atoms with van der Waals surface area (Å²) < 4.78 is 11.3. The summed E-state index contributed by atoms with van der Waals surface area (Å²) in [4.78, 5) is 0. The van der Waals surface area contributed by atoms with Crippen LogP contribution in [0.15, 0.2) is 0 Å². The van der Waals surface area contributed by atoms with E-state index in [0.717, 1.165) is 25.2 Å². The fourth-order valence-electron chi connectivity index (χ4n) is 1.42. The molecule has 98 valence electrons. The second-order valence-corrected chi connectivity index (χ2v) is 5.69. The van der Waals surface area contributed by atoms with Gasteiger partial charge in [0.25, 0.3) is 0 Å². The van der Waals surface area contributed by atoms with E-state index in [1.807, 2.05) is 0 Å². The van der Waals surface area contributed by atoms with Gasteiger partial charge in [0.2, 0.25) is 0 Å². The molecule has 0 heterocycles. The van der Waals surface area contributed by atoms with Crippen molar-refractivity contribution in [2.24, 2.45) is 5.41 Å². The highest BCUT2D eigenvalue weighted by molar-refractivity contribution is 7.80. The van der Waals surface area contributed by atoms with Gasteiger partial charge in [-0.3, -0.25) is 0 Å². The van der Waals surface area contributed by atoms with Gasteiger partial charge in [0.1, 0.15) is 0 Å². The molecule has 0 aromatic heterocycles. The molecule has 0 fully saturated rings. The number of ether oxygens (including phenoxy) is 2. The topological polar surface area (TPSA) is 18.5 Å². The van der Waals surface area contributed by atoms with Crippen LogP contribution in [0.2, 0.25) is 0 Å². The molecular weight excluding hydrogens is 220 g/mol. The lowest BCUT2D eigenvalue weighted by atomic mass is 9.85. The third kappa shape index (κ3) is 6.77. The van der Waals surface area contributed by atoms with Crippen LogP contribution in [0, 0.1) is 5.41 Å². The zero-order valence-electron chi connectivity index (χ0n) is 11.5. The monoisotopic (exact) mass is 248 g/mol. The first-order valence-corrected chi connectivity index (χ1v) is 6.85. The summed E-state index contributed by atoms with van der Waals surface area (Å²) in [5.74, 6) is 0.889. The van der Waals surface area contributed by atoms with Crippen LogP contribution in [0.3, 0.4) is 0 Å². The van der Waals surface area contributed by atoms with E-state index in [1.165, 1.54) is 0 Å². The van der Waals surface area contributed by atoms with Gasteiger partial charge in [-0.2, -0.15) is 12.6 Å². The minimum atomic E-state index is -0.0699. The fourth-order valence-corrected chi connectivity index (χ4v) is 1.96. The lowest BCUT2D eigenvalue weighted by molar-refractivity contribution is -0.0472. The Kier molecular flexibility index (Phi) is 7.70. The molecule has 16 heavy (non-hydrogen) atoms. The smallest absolute Gasteiger partial charge is 0.0707 e. The minimum absolute atomic E-state index is 0.0699. The highest BCUT2D eigenvalue weighted by atomic mass is 32.1. The Bertz CT molecular complexity index is 163. The van der Waals surface area contributed by atoms with Crippen LogP contribution in [0.1, 0.15) is 47.5 Å². The van der Waals surface area contributed by atoms with Crippen LogP contribution >= 0.6 is 12.6 Å². The van der Waals surface area contributed by atoms with Crippen LogP contribution in [0.5, 0.6) is 0 Å². The molecular formula is C13H28O2S. The van der Waals surface area contributed by atoms with E-state index in [2.05, 4.69) is 47.2 Å². The number of thiol groups is 1. The second kappa shape index (κ2) is 7.57. The molecule has 0 spiro atoms. The van der Waals surface area contributed by atoms with Crippen molar-refractivity contribution < 1.29 is 9.47 Å². The molecule has 0 radical (unpaired) electrons. The summed E-state index contributed by atoms with van der Waals surface area (Å²) in [5.41, 5.74) is 0.171. The molecule has 0 N–H and O–H groups in total. The number of hydrogen-bond acceptors (Lipinski definition) is 3. The van der Waals surface area contributed by atoms with Crippen molar-refractivity contribution in [3.05, 3.63) is 0 Å². The van der Waals surface area contributed by atoms with Crippen LogP contribution in [0.25, 0.3) is 0 Å². The van der Waals surface area contributed by atoms with E-state index in [1.54, 1.807) is 0 Å². The molecule has 0 saturated carbocycles. The van der Waals surface area contributed by atoms with E-state index < -0.39 is 0 Å². The Labute approximate surface area is 107 Å². The summed E-state index contributed by atoms with van der Waals surface area (Å²) in [5, 5.41) is 0. The van der Waals surface area contributed by atoms with Gasteiger partial charge >= 0.3 is 0 Å². The van der Waals surface area contributed by atoms with E-state index >= 15 is 0 Å². The molecule has 0 saturated heterocycles. The largest absolute Gasteiger partial charge is 0.378 e. The van der Waals surface area contributed by atoms with Crippen molar-refractivity contribution in [1.29, 1.82) is 0 Å². The summed E-state index contributed by atoms with van der Waals surface area (Å²) in [6.45, 7) is 12.7. The van der Waals surface area contributed by atoms with Crippen LogP contribution < -0.4 is 0 Å². The molecule has 0 aliphatic carbocycles. The maximum atomic E-state index is 5.69. The van der Waals surface area contributed by atoms with Crippen molar-refractivity contribution in [2.45, 2.75) is 53.1 Å². The zero-order valence-corrected chi connectivity index (χ0v) is 12.4. The maximum Gasteiger partial charge on any atom is 0.0707 e. The molecule has 0 amide bonds. The van der Waals surface area contributed by atoms with Gasteiger partial charge in [-0.25, -0.2) is 0 Å². The van der Waals surface area contributed by atoms with Crippen LogP contribution in [0.4, 0.5) is 0 Å². The molecule has 0 bridgehead atoms. The Hall–Kier alpha value is 0.270. The third-order valence-electron chi connectivity index (χ3n) is 3.01. The predicted octanol–water partition coefficient (Wildman–Crippen LogP) is 3.55. The highest BCUT2D eigenvalue weighted by Gasteiger charge is 2.24. The standard InChI is InChI=1S/C13H28O2S/c1-6-13(7-2,11-16)10-14-8-9-15-12(3,4)5/h16H,6-11H2,1-5H3. The van der Waals surface area contributed by atoms with Crippen molar-refractivity contribution in [2.75, 3.05) is 25.6 Å². The average Bonchev–Trinajstić information content (AvgIpc) is 2.23. The van der Waals surface area contributed by atoms with Crippen LogP contribution in [-0.4, -0.2) is 31.2 Å². The lowest BCUT2D eigenvalue weighted by Crippen LogP contribution is -2.29. The van der Waals surface area contributed by atoms with Gasteiger partial charge in [-0.15, -0.1) is 0 Å². The normalized spacial score (nSPS) is 13.1. The summed E-state index contributed by atoms with van der Waals surface area (Å²) in [6, 6.07) is 0. The van der Waals surface area contributed by atoms with Gasteiger partial charge in [0.15, 0.2) is 0 Å². The third-order valence-corrected chi connectivity index (χ3v) is 3.68. The van der Waals surface area contributed by atoms with E-state index in [9.17, 15) is 0 Å². The lowest BCUT2D eigenvalue weighted by Gasteiger charge is -2.29. The van der Waals surface area contributed by atoms with E-state index in [4.69, 9.17) is 9.47 Å². The van der Waals surface area contributed by atoms with Gasteiger partial charge in [-0.1, -0.05) is 13.8 Å². The Balaban J connectivity index is 3.71. The molecule has 0 rings (SSSR count). The van der Waals surface area contributed by atoms with Gasteiger partial charge in [-0.05, 0) is 39.4 Å². The first-order valence-electron chi connectivity index (χ1n) is 6.21. The van der Waals surface area contributed by atoms with Crippen LogP contribution in [-0.2, 0) is 9.47 Å². The summed E-state index contributed by atoms with van der Waals surface area (Å²) in [6.07, 6.45) is 2.24. The summed E-state index contributed by atoms with van der Waals surface area (Å²) >= 11 is 4.42. The quantitative estimate of drug-likeness (QED) is 0.523. The van der Waals surface area contributed by atoms with Gasteiger partial charge < -0.3 is 9.47 Å². The molecule has 2 nitrogen and oxygen atoms in total. The van der Waals surface area contributed by atoms with Crippen molar-refractivity contribution in [3.63, 3.8) is 0 Å². The molecule has 0 aromatic carbocycles. The molecule has 0 unspecified atom stereocenters. The minimum Gasteiger partial charge on any atom is -0.378 e. The average molecular weight is 248 g/mol. The Morgan fingerprint density at radius 1 is 1.00 bits per heavy atom. The first-order chi connectivity index (χ1) is 7.39. The van der Waals surface area contributed by atoms with E-state index in [-0.39, 0.29) is 11.0 Å². The number of rotatable bonds is 8. The maximum absolute atomic E-state index is 5.69. The van der Waals surface area contributed by atoms with Crippen molar-refractivity contribution >= 4 is 12.6 Å². The zero-order chi connectivity index (χ0) is 12.7. The fraction of sp³-hybridized carbons (Fsp3) is 1.00. The Morgan fingerprint density at radius 3 is 1.94 bits per heavy atom. The molecule has 0 atom stereocenters. The predicted molar refractivity (Wildman–Crippen MR) is 73.4 cm³/mol. The van der Waals surface area contributed by atoms with Crippen molar-refractivity contribution in [3.8, 4) is 0 Å². The van der Waals surface area contributed by atoms with Gasteiger partial charge in [0.05, 0.1) is 25.4 Å². The van der Waals surface area contributed by atoms with E-state index in [0.29, 0.717) is 13.2 Å². The van der Waals surface area contributed by atoms with Crippen molar-refractivity contribution in [1.82, 2.24) is 0 Å². The van der Waals surface area contributed by atoms with Gasteiger partial charge in [0, 0.05) is 5.41 Å². The summed E-state index contributed by atoms with van der Waals surface area (Å²) in [7, 11) is 0. The molecule has 0 aliphatic heterocycles. The Morgan fingerprint density at radius 2 is 1.56 bits per heavy atom.